The molecule has 0 unspecified atom stereocenters. The van der Waals surface area contributed by atoms with Crippen molar-refractivity contribution in [3.63, 3.8) is 0 Å². The van der Waals surface area contributed by atoms with Crippen molar-refractivity contribution in [1.29, 1.82) is 0 Å². The van der Waals surface area contributed by atoms with Gasteiger partial charge in [-0.1, -0.05) is 48.5 Å². The van der Waals surface area contributed by atoms with Crippen molar-refractivity contribution in [1.82, 2.24) is 0 Å². The van der Waals surface area contributed by atoms with Gasteiger partial charge in [-0.25, -0.2) is 4.79 Å². The summed E-state index contributed by atoms with van der Waals surface area (Å²) >= 11 is 0. The molecule has 31 heavy (non-hydrogen) atoms. The number of hydrogen-bond acceptors (Lipinski definition) is 6. The first-order valence-corrected chi connectivity index (χ1v) is 9.45. The molecule has 3 rings (SSSR count). The number of nitrogens with zero attached hydrogens (tertiary/aromatic N) is 2. The van der Waals surface area contributed by atoms with E-state index in [2.05, 4.69) is 0 Å². The molecule has 0 aliphatic rings. The van der Waals surface area contributed by atoms with Gasteiger partial charge in [-0.3, -0.25) is 19.8 Å². The van der Waals surface area contributed by atoms with Crippen molar-refractivity contribution >= 4 is 23.4 Å². The van der Waals surface area contributed by atoms with Crippen LogP contribution in [0.5, 0.6) is 0 Å². The maximum Gasteiger partial charge on any atom is 0.415 e. The van der Waals surface area contributed by atoms with E-state index in [1.807, 2.05) is 30.3 Å². The molecule has 158 valence electrons. The minimum absolute atomic E-state index is 0.0495. The molecule has 1 amide bonds. The van der Waals surface area contributed by atoms with Crippen LogP contribution in [0.25, 0.3) is 0 Å². The number of carbonyl (C=O) groups excluding carboxylic acids is 2. The number of ether oxygens (including phenoxy) is 2. The second kappa shape index (κ2) is 10.5. The van der Waals surface area contributed by atoms with Crippen LogP contribution in [0.3, 0.4) is 0 Å². The highest BCUT2D eigenvalue weighted by Crippen LogP contribution is 2.16. The average molecular weight is 420 g/mol. The van der Waals surface area contributed by atoms with Gasteiger partial charge in [-0.15, -0.1) is 0 Å². The number of carbonyl (C=O) groups is 2. The molecule has 0 radical (unpaired) electrons. The van der Waals surface area contributed by atoms with E-state index >= 15 is 0 Å². The number of non-ortho nitro benzene ring substituents is 1. The first-order chi connectivity index (χ1) is 15.0. The Bertz CT molecular complexity index is 1020. The van der Waals surface area contributed by atoms with E-state index < -0.39 is 17.0 Å². The first-order valence-electron chi connectivity index (χ1n) is 9.45. The maximum atomic E-state index is 12.7. The molecule has 0 spiro atoms. The lowest BCUT2D eigenvalue weighted by molar-refractivity contribution is -0.384. The smallest absolute Gasteiger partial charge is 0.415 e. The topological polar surface area (TPSA) is 99.0 Å². The van der Waals surface area contributed by atoms with Gasteiger partial charge in [0.05, 0.1) is 4.92 Å². The van der Waals surface area contributed by atoms with Gasteiger partial charge in [0.1, 0.15) is 19.8 Å². The summed E-state index contributed by atoms with van der Waals surface area (Å²) in [7, 11) is 0. The number of hydrogen-bond donors (Lipinski definition) is 0. The second-order valence-corrected chi connectivity index (χ2v) is 6.55. The number of nitro benzene ring substituents is 1. The van der Waals surface area contributed by atoms with Crippen LogP contribution in [0.4, 0.5) is 16.2 Å². The Morgan fingerprint density at radius 2 is 1.32 bits per heavy atom. The number of esters is 1. The highest BCUT2D eigenvalue weighted by molar-refractivity contribution is 5.93. The van der Waals surface area contributed by atoms with E-state index in [1.165, 1.54) is 29.2 Å². The van der Waals surface area contributed by atoms with Crippen molar-refractivity contribution < 1.29 is 24.0 Å². The van der Waals surface area contributed by atoms with Crippen LogP contribution in [0, 0.1) is 10.1 Å². The molecular weight excluding hydrogens is 400 g/mol. The van der Waals surface area contributed by atoms with E-state index in [1.54, 1.807) is 30.3 Å². The Hall–Kier alpha value is -4.20. The Labute approximate surface area is 178 Å². The van der Waals surface area contributed by atoms with Gasteiger partial charge in [0.25, 0.3) is 5.69 Å². The molecule has 8 heteroatoms. The molecule has 0 N–H and O–H groups in total. The highest BCUT2D eigenvalue weighted by atomic mass is 16.6. The van der Waals surface area contributed by atoms with Crippen LogP contribution in [-0.4, -0.2) is 23.5 Å². The monoisotopic (exact) mass is 420 g/mol. The third-order valence-corrected chi connectivity index (χ3v) is 4.33. The summed E-state index contributed by atoms with van der Waals surface area (Å²) in [6.45, 7) is -0.343. The van der Waals surface area contributed by atoms with Crippen molar-refractivity contribution in [3.8, 4) is 0 Å². The molecule has 0 bridgehead atoms. The van der Waals surface area contributed by atoms with E-state index in [9.17, 15) is 19.7 Å². The lowest BCUT2D eigenvalue weighted by Crippen LogP contribution is -2.36. The number of para-hydroxylation sites is 1. The van der Waals surface area contributed by atoms with Crippen LogP contribution in [0.2, 0.25) is 0 Å². The van der Waals surface area contributed by atoms with E-state index in [0.29, 0.717) is 11.3 Å². The summed E-state index contributed by atoms with van der Waals surface area (Å²) in [5.74, 6) is -0.640. The molecule has 0 aliphatic heterocycles. The fourth-order valence-corrected chi connectivity index (χ4v) is 2.72. The van der Waals surface area contributed by atoms with Crippen LogP contribution in [0.15, 0.2) is 84.9 Å². The number of anilines is 1. The first kappa shape index (κ1) is 21.5. The van der Waals surface area contributed by atoms with E-state index in [0.717, 1.165) is 5.56 Å². The molecule has 0 aliphatic carbocycles. The standard InChI is InChI=1S/C23H20N2O6/c26-22(30-16-19-11-13-21(14-12-19)25(28)29)15-24(20-9-5-2-6-10-20)23(27)31-17-18-7-3-1-4-8-18/h1-14H,15-17H2. The summed E-state index contributed by atoms with van der Waals surface area (Å²) in [5, 5.41) is 10.7. The van der Waals surface area contributed by atoms with Crippen molar-refractivity contribution in [2.24, 2.45) is 0 Å². The Kier molecular flexibility index (Phi) is 7.31. The molecular formula is C23H20N2O6. The average Bonchev–Trinajstić information content (AvgIpc) is 2.81. The quantitative estimate of drug-likeness (QED) is 0.303. The lowest BCUT2D eigenvalue weighted by atomic mass is 10.2. The summed E-state index contributed by atoms with van der Waals surface area (Å²) in [4.78, 5) is 36.4. The number of rotatable bonds is 8. The molecule has 8 nitrogen and oxygen atoms in total. The summed E-state index contributed by atoms with van der Waals surface area (Å²) < 4.78 is 10.6. The van der Waals surface area contributed by atoms with Gasteiger partial charge in [0.2, 0.25) is 0 Å². The van der Waals surface area contributed by atoms with Crippen LogP contribution < -0.4 is 4.90 Å². The zero-order chi connectivity index (χ0) is 22.1. The molecule has 0 saturated heterocycles. The van der Waals surface area contributed by atoms with Gasteiger partial charge in [-0.2, -0.15) is 0 Å². The Morgan fingerprint density at radius 1 is 0.774 bits per heavy atom. The minimum Gasteiger partial charge on any atom is -0.459 e. The van der Waals surface area contributed by atoms with E-state index in [4.69, 9.17) is 9.47 Å². The molecule has 3 aromatic rings. The third kappa shape index (κ3) is 6.40. The van der Waals surface area contributed by atoms with Crippen molar-refractivity contribution in [3.05, 3.63) is 106 Å². The fraction of sp³-hybridized carbons (Fsp3) is 0.130. The van der Waals surface area contributed by atoms with Gasteiger partial charge in [0, 0.05) is 17.8 Å². The normalized spacial score (nSPS) is 10.2. The van der Waals surface area contributed by atoms with Gasteiger partial charge in [0.15, 0.2) is 0 Å². The van der Waals surface area contributed by atoms with Gasteiger partial charge < -0.3 is 9.47 Å². The Balaban J connectivity index is 1.61. The molecule has 3 aromatic carbocycles. The molecule has 0 heterocycles. The zero-order valence-corrected chi connectivity index (χ0v) is 16.5. The second-order valence-electron chi connectivity index (χ2n) is 6.55. The molecule has 0 aromatic heterocycles. The molecule has 0 atom stereocenters. The molecule has 0 saturated carbocycles. The van der Waals surface area contributed by atoms with E-state index in [-0.39, 0.29) is 25.4 Å². The van der Waals surface area contributed by atoms with Crippen molar-refractivity contribution in [2.45, 2.75) is 13.2 Å². The number of benzene rings is 3. The van der Waals surface area contributed by atoms with Crippen LogP contribution in [-0.2, 0) is 27.5 Å². The largest absolute Gasteiger partial charge is 0.459 e. The lowest BCUT2D eigenvalue weighted by Gasteiger charge is -2.21. The predicted molar refractivity (Wildman–Crippen MR) is 113 cm³/mol. The summed E-state index contributed by atoms with van der Waals surface area (Å²) in [6, 6.07) is 23.6. The SMILES string of the molecule is O=C(CN(C(=O)OCc1ccccc1)c1ccccc1)OCc1ccc([N+](=O)[O-])cc1. The minimum atomic E-state index is -0.678. The zero-order valence-electron chi connectivity index (χ0n) is 16.5. The highest BCUT2D eigenvalue weighted by Gasteiger charge is 2.21. The Morgan fingerprint density at radius 3 is 1.94 bits per heavy atom. The fourth-order valence-electron chi connectivity index (χ4n) is 2.72. The van der Waals surface area contributed by atoms with Gasteiger partial charge in [-0.05, 0) is 35.4 Å². The third-order valence-electron chi connectivity index (χ3n) is 4.33. The number of nitro groups is 1. The molecule has 0 fully saturated rings. The van der Waals surface area contributed by atoms with Crippen LogP contribution >= 0.6 is 0 Å². The predicted octanol–water partition coefficient (Wildman–Crippen LogP) is 4.48. The van der Waals surface area contributed by atoms with Gasteiger partial charge >= 0.3 is 12.1 Å². The van der Waals surface area contributed by atoms with Crippen LogP contribution in [0.1, 0.15) is 11.1 Å². The summed E-state index contributed by atoms with van der Waals surface area (Å²) in [5.41, 5.74) is 1.86. The summed E-state index contributed by atoms with van der Waals surface area (Å²) in [6.07, 6.45) is -0.678. The number of amides is 1. The maximum absolute atomic E-state index is 12.7. The van der Waals surface area contributed by atoms with Crippen molar-refractivity contribution in [2.75, 3.05) is 11.4 Å².